The van der Waals surface area contributed by atoms with Gasteiger partial charge in [-0.15, -0.1) is 0 Å². The fourth-order valence-corrected chi connectivity index (χ4v) is 5.34. The zero-order valence-electron chi connectivity index (χ0n) is 27.4. The smallest absolute Gasteiger partial charge is 0.253 e. The molecule has 1 heterocycles. The maximum Gasteiger partial charge on any atom is 0.253 e. The quantitative estimate of drug-likeness (QED) is 0.168. The molecular formula is C34H46N6O7. The Balaban J connectivity index is 1.73. The molecule has 1 fully saturated rings. The predicted octanol–water partition coefficient (Wildman–Crippen LogP) is 1.08. The average molecular weight is 651 g/mol. The van der Waals surface area contributed by atoms with E-state index in [2.05, 4.69) is 21.3 Å². The molecule has 0 bridgehead atoms. The van der Waals surface area contributed by atoms with Gasteiger partial charge in [0, 0.05) is 13.5 Å². The fraction of sp³-hybridized carbons (Fsp3) is 0.471. The van der Waals surface area contributed by atoms with Gasteiger partial charge in [-0.25, -0.2) is 0 Å². The third-order valence-corrected chi connectivity index (χ3v) is 7.82. The van der Waals surface area contributed by atoms with Crippen LogP contribution in [0.2, 0.25) is 0 Å². The molecule has 3 rings (SSSR count). The molecule has 0 aliphatic carbocycles. The van der Waals surface area contributed by atoms with E-state index in [4.69, 9.17) is 10.5 Å². The van der Waals surface area contributed by atoms with Crippen LogP contribution >= 0.6 is 0 Å². The second-order valence-corrected chi connectivity index (χ2v) is 12.1. The van der Waals surface area contributed by atoms with Crippen LogP contribution < -0.4 is 27.0 Å². The van der Waals surface area contributed by atoms with Crippen LogP contribution in [0.4, 0.5) is 0 Å². The second-order valence-electron chi connectivity index (χ2n) is 12.1. The van der Waals surface area contributed by atoms with E-state index in [-0.39, 0.29) is 31.5 Å². The van der Waals surface area contributed by atoms with Gasteiger partial charge < -0.3 is 36.6 Å². The summed E-state index contributed by atoms with van der Waals surface area (Å²) in [5, 5.41) is 10.4. The molecule has 6 amide bonds. The summed E-state index contributed by atoms with van der Waals surface area (Å²) < 4.78 is 5.76. The molecule has 13 heteroatoms. The van der Waals surface area contributed by atoms with Crippen LogP contribution in [0.3, 0.4) is 0 Å². The molecule has 0 spiro atoms. The molecule has 0 saturated carbocycles. The Morgan fingerprint density at radius 1 is 0.830 bits per heavy atom. The van der Waals surface area contributed by atoms with Crippen LogP contribution in [0, 0.1) is 5.92 Å². The normalized spacial score (nSPS) is 16.8. The molecule has 0 radical (unpaired) electrons. The van der Waals surface area contributed by atoms with Gasteiger partial charge in [0.1, 0.15) is 18.1 Å². The number of hydrogen-bond donors (Lipinski definition) is 5. The Morgan fingerprint density at radius 3 is 2.04 bits per heavy atom. The lowest BCUT2D eigenvalue weighted by Crippen LogP contribution is -2.62. The number of carbonyl (C=O) groups is 6. The maximum atomic E-state index is 13.4. The molecule has 1 aliphatic rings. The van der Waals surface area contributed by atoms with Gasteiger partial charge in [-0.1, -0.05) is 74.5 Å². The van der Waals surface area contributed by atoms with Crippen LogP contribution in [0.15, 0.2) is 60.7 Å². The van der Waals surface area contributed by atoms with Crippen molar-refractivity contribution in [3.63, 3.8) is 0 Å². The number of nitrogens with one attached hydrogen (secondary N) is 4. The predicted molar refractivity (Wildman–Crippen MR) is 174 cm³/mol. The minimum atomic E-state index is -1.86. The number of nitrogens with zero attached hydrogens (tertiary/aromatic N) is 1. The maximum absolute atomic E-state index is 13.4. The molecule has 2 aromatic rings. The molecule has 1 saturated heterocycles. The van der Waals surface area contributed by atoms with Crippen molar-refractivity contribution in [2.45, 2.75) is 83.8 Å². The Bertz CT molecular complexity index is 1390. The Hall–Kier alpha value is -4.78. The number of likely N-dealkylation sites (tertiary alicyclic amines) is 1. The van der Waals surface area contributed by atoms with Crippen LogP contribution in [0.5, 0.6) is 0 Å². The standard InChI is InChI=1S/C34H46N6O7/c1-21(2)18-26(37-33(45)28-16-11-17-40(28)23(4)41)31(43)39-29(30(35)42)34(46)38-27(20-47-19-24-12-7-5-8-13-24)32(44)36-22(3)25-14-9-6-10-15-25/h5-10,12-15,21-22,26-29H,11,16-20H2,1-4H3,(H2,35,42)(H,36,44)(H,37,45)(H,38,46)(H,39,43)/t22-,26-,27-,28?,29?/m0/s1. The van der Waals surface area contributed by atoms with E-state index >= 15 is 0 Å². The lowest BCUT2D eigenvalue weighted by molar-refractivity contribution is -0.140. The van der Waals surface area contributed by atoms with Gasteiger partial charge in [0.25, 0.3) is 5.91 Å². The fourth-order valence-electron chi connectivity index (χ4n) is 5.34. The highest BCUT2D eigenvalue weighted by Gasteiger charge is 2.37. The first-order chi connectivity index (χ1) is 22.4. The second kappa shape index (κ2) is 17.8. The number of amides is 6. The van der Waals surface area contributed by atoms with Gasteiger partial charge in [0.2, 0.25) is 29.5 Å². The van der Waals surface area contributed by atoms with Crippen LogP contribution in [-0.2, 0) is 40.1 Å². The number of nitrogens with two attached hydrogens (primary N) is 1. The monoisotopic (exact) mass is 650 g/mol. The first kappa shape index (κ1) is 36.7. The highest BCUT2D eigenvalue weighted by Crippen LogP contribution is 2.18. The summed E-state index contributed by atoms with van der Waals surface area (Å²) in [7, 11) is 0. The van der Waals surface area contributed by atoms with Crippen molar-refractivity contribution in [3.05, 3.63) is 71.8 Å². The number of rotatable bonds is 16. The van der Waals surface area contributed by atoms with E-state index in [1.165, 1.54) is 11.8 Å². The molecule has 2 aromatic carbocycles. The van der Waals surface area contributed by atoms with Crippen molar-refractivity contribution in [2.75, 3.05) is 13.2 Å². The van der Waals surface area contributed by atoms with Crippen molar-refractivity contribution in [1.29, 1.82) is 0 Å². The molecule has 13 nitrogen and oxygen atoms in total. The van der Waals surface area contributed by atoms with Gasteiger partial charge in [-0.3, -0.25) is 28.8 Å². The summed E-state index contributed by atoms with van der Waals surface area (Å²) in [6.45, 7) is 7.20. The molecule has 5 atom stereocenters. The van der Waals surface area contributed by atoms with E-state index in [1.54, 1.807) is 6.92 Å². The van der Waals surface area contributed by atoms with E-state index in [0.717, 1.165) is 11.1 Å². The number of ether oxygens (including phenoxy) is 1. The zero-order chi connectivity index (χ0) is 34.5. The summed E-state index contributed by atoms with van der Waals surface area (Å²) >= 11 is 0. The minimum Gasteiger partial charge on any atom is -0.374 e. The molecular weight excluding hydrogens is 604 g/mol. The molecule has 254 valence electrons. The summed E-state index contributed by atoms with van der Waals surface area (Å²) in [5.74, 6) is -4.37. The number of carbonyl (C=O) groups excluding carboxylic acids is 6. The van der Waals surface area contributed by atoms with Crippen LogP contribution in [0.25, 0.3) is 0 Å². The molecule has 47 heavy (non-hydrogen) atoms. The molecule has 1 aliphatic heterocycles. The highest BCUT2D eigenvalue weighted by atomic mass is 16.5. The van der Waals surface area contributed by atoms with Crippen molar-refractivity contribution in [3.8, 4) is 0 Å². The van der Waals surface area contributed by atoms with Crippen molar-refractivity contribution in [2.24, 2.45) is 11.7 Å². The molecule has 0 aromatic heterocycles. The van der Waals surface area contributed by atoms with Crippen LogP contribution in [-0.4, -0.2) is 77.7 Å². The van der Waals surface area contributed by atoms with Crippen molar-refractivity contribution >= 4 is 35.4 Å². The summed E-state index contributed by atoms with van der Waals surface area (Å²) in [4.78, 5) is 79.2. The van der Waals surface area contributed by atoms with Gasteiger partial charge >= 0.3 is 0 Å². The largest absolute Gasteiger partial charge is 0.374 e. The van der Waals surface area contributed by atoms with Gasteiger partial charge in [-0.2, -0.15) is 0 Å². The van der Waals surface area contributed by atoms with E-state index < -0.39 is 59.7 Å². The zero-order valence-corrected chi connectivity index (χ0v) is 27.4. The summed E-state index contributed by atoms with van der Waals surface area (Å²) in [5.41, 5.74) is 7.23. The first-order valence-electron chi connectivity index (χ1n) is 15.8. The van der Waals surface area contributed by atoms with Crippen molar-refractivity contribution < 1.29 is 33.5 Å². The SMILES string of the molecule is CC(=O)N1CCCC1C(=O)N[C@@H](CC(C)C)C(=O)NC(C(N)=O)C(=O)N[C@@H](COCc1ccccc1)C(=O)N[C@@H](C)c1ccccc1. The Kier molecular flexibility index (Phi) is 13.9. The lowest BCUT2D eigenvalue weighted by atomic mass is 10.0. The molecule has 2 unspecified atom stereocenters. The average Bonchev–Trinajstić information content (AvgIpc) is 3.54. The topological polar surface area (TPSA) is 189 Å². The summed E-state index contributed by atoms with van der Waals surface area (Å²) in [6, 6.07) is 13.1. The van der Waals surface area contributed by atoms with Gasteiger partial charge in [0.15, 0.2) is 6.04 Å². The minimum absolute atomic E-state index is 0.0548. The van der Waals surface area contributed by atoms with Gasteiger partial charge in [0.05, 0.1) is 19.3 Å². The van der Waals surface area contributed by atoms with Crippen LogP contribution in [0.1, 0.15) is 64.1 Å². The van der Waals surface area contributed by atoms with E-state index in [1.807, 2.05) is 74.5 Å². The highest BCUT2D eigenvalue weighted by molar-refractivity contribution is 6.08. The third kappa shape index (κ3) is 11.2. The van der Waals surface area contributed by atoms with Gasteiger partial charge in [-0.05, 0) is 43.2 Å². The number of hydrogen-bond acceptors (Lipinski definition) is 7. The Labute approximate surface area is 275 Å². The lowest BCUT2D eigenvalue weighted by Gasteiger charge is -2.27. The summed E-state index contributed by atoms with van der Waals surface area (Å²) in [6.07, 6.45) is 1.29. The molecule has 6 N–H and O–H groups in total. The van der Waals surface area contributed by atoms with E-state index in [9.17, 15) is 28.8 Å². The number of primary amides is 1. The first-order valence-corrected chi connectivity index (χ1v) is 15.8. The third-order valence-electron chi connectivity index (χ3n) is 7.82. The Morgan fingerprint density at radius 2 is 1.45 bits per heavy atom. The van der Waals surface area contributed by atoms with E-state index in [0.29, 0.717) is 19.4 Å². The number of benzene rings is 2. The van der Waals surface area contributed by atoms with Crippen molar-refractivity contribution in [1.82, 2.24) is 26.2 Å².